The third kappa shape index (κ3) is 3.56. The first-order valence-corrected chi connectivity index (χ1v) is 7.76. The molecule has 1 aromatic rings. The maximum absolute atomic E-state index is 12.2. The summed E-state index contributed by atoms with van der Waals surface area (Å²) in [6.45, 7) is 1.80. The maximum Gasteiger partial charge on any atom is 0.276 e. The van der Waals surface area contributed by atoms with E-state index >= 15 is 0 Å². The van der Waals surface area contributed by atoms with Gasteiger partial charge in [0.1, 0.15) is 5.76 Å². The van der Waals surface area contributed by atoms with Crippen LogP contribution in [-0.2, 0) is 21.3 Å². The molecule has 0 saturated heterocycles. The number of furan rings is 1. The molecule has 1 fully saturated rings. The number of nitrogens with one attached hydrogen (secondary N) is 1. The molecular weight excluding hydrogens is 268 g/mol. The highest BCUT2D eigenvalue weighted by Gasteiger charge is 2.36. The second kappa shape index (κ2) is 6.04. The van der Waals surface area contributed by atoms with E-state index in [1.54, 1.807) is 20.2 Å². The molecule has 1 heterocycles. The Labute approximate surface area is 113 Å². The largest absolute Gasteiger partial charge is 0.447 e. The number of ether oxygens (including phenoxy) is 1. The summed E-state index contributed by atoms with van der Waals surface area (Å²) in [6, 6.07) is 3.34. The Hall–Kier alpha value is -0.890. The van der Waals surface area contributed by atoms with Gasteiger partial charge in [-0.1, -0.05) is 0 Å². The van der Waals surface area contributed by atoms with Crippen molar-refractivity contribution in [2.75, 3.05) is 27.3 Å². The minimum Gasteiger partial charge on any atom is -0.447 e. The van der Waals surface area contributed by atoms with E-state index in [-0.39, 0.29) is 11.1 Å². The quantitative estimate of drug-likeness (QED) is 0.716. The molecule has 0 amide bonds. The van der Waals surface area contributed by atoms with Crippen molar-refractivity contribution in [3.8, 4) is 0 Å². The van der Waals surface area contributed by atoms with E-state index in [4.69, 9.17) is 9.15 Å². The second-order valence-electron chi connectivity index (χ2n) is 4.64. The number of sulfonamides is 1. The Bertz CT molecular complexity index is 508. The number of hydrogen-bond donors (Lipinski definition) is 1. The standard InChI is InChI=1S/C12H20N2O4S/c1-14(10-3-4-10)19(15,16)12-6-5-11(18-12)9-13-7-8-17-2/h5-6,10,13H,3-4,7-9H2,1-2H3. The van der Waals surface area contributed by atoms with E-state index in [1.165, 1.54) is 10.4 Å². The Morgan fingerprint density at radius 3 is 2.84 bits per heavy atom. The highest BCUT2D eigenvalue weighted by Crippen LogP contribution is 2.30. The summed E-state index contributed by atoms with van der Waals surface area (Å²) in [5.74, 6) is 0.610. The molecule has 1 aliphatic rings. The zero-order chi connectivity index (χ0) is 13.9. The first kappa shape index (κ1) is 14.5. The average molecular weight is 288 g/mol. The first-order chi connectivity index (χ1) is 9.05. The van der Waals surface area contributed by atoms with Crippen LogP contribution in [-0.4, -0.2) is 46.1 Å². The summed E-state index contributed by atoms with van der Waals surface area (Å²) in [5, 5.41) is 3.12. The van der Waals surface area contributed by atoms with Crippen LogP contribution < -0.4 is 5.32 Å². The summed E-state index contributed by atoms with van der Waals surface area (Å²) in [6.07, 6.45) is 1.86. The lowest BCUT2D eigenvalue weighted by atomic mass is 10.4. The van der Waals surface area contributed by atoms with Gasteiger partial charge in [-0.2, -0.15) is 4.31 Å². The van der Waals surface area contributed by atoms with Crippen molar-refractivity contribution in [3.63, 3.8) is 0 Å². The molecule has 2 rings (SSSR count). The Morgan fingerprint density at radius 1 is 1.47 bits per heavy atom. The number of hydrogen-bond acceptors (Lipinski definition) is 5. The predicted octanol–water partition coefficient (Wildman–Crippen LogP) is 0.798. The second-order valence-corrected chi connectivity index (χ2v) is 6.57. The fraction of sp³-hybridized carbons (Fsp3) is 0.667. The van der Waals surface area contributed by atoms with E-state index < -0.39 is 10.0 Å². The van der Waals surface area contributed by atoms with Crippen LogP contribution in [0.15, 0.2) is 21.6 Å². The fourth-order valence-electron chi connectivity index (χ4n) is 1.75. The van der Waals surface area contributed by atoms with Gasteiger partial charge in [-0.3, -0.25) is 0 Å². The summed E-state index contributed by atoms with van der Waals surface area (Å²) in [5.41, 5.74) is 0. The van der Waals surface area contributed by atoms with Crippen molar-refractivity contribution in [1.29, 1.82) is 0 Å². The third-order valence-corrected chi connectivity index (χ3v) is 4.90. The highest BCUT2D eigenvalue weighted by molar-refractivity contribution is 7.89. The predicted molar refractivity (Wildman–Crippen MR) is 70.3 cm³/mol. The van der Waals surface area contributed by atoms with E-state index in [0.717, 1.165) is 12.8 Å². The number of nitrogens with zero attached hydrogens (tertiary/aromatic N) is 1. The Kier molecular flexibility index (Phi) is 4.62. The van der Waals surface area contributed by atoms with Crippen LogP contribution in [0.2, 0.25) is 0 Å². The van der Waals surface area contributed by atoms with Gasteiger partial charge in [0.05, 0.1) is 13.2 Å². The normalized spacial score (nSPS) is 16.2. The van der Waals surface area contributed by atoms with Gasteiger partial charge in [0, 0.05) is 26.7 Å². The number of methoxy groups -OCH3 is 1. The molecule has 1 aliphatic carbocycles. The minimum atomic E-state index is -3.48. The molecule has 0 bridgehead atoms. The smallest absolute Gasteiger partial charge is 0.276 e. The summed E-state index contributed by atoms with van der Waals surface area (Å²) >= 11 is 0. The molecule has 108 valence electrons. The van der Waals surface area contributed by atoms with Crippen LogP contribution in [0.5, 0.6) is 0 Å². The molecule has 0 aliphatic heterocycles. The van der Waals surface area contributed by atoms with Gasteiger partial charge in [-0.25, -0.2) is 8.42 Å². The van der Waals surface area contributed by atoms with Gasteiger partial charge in [0.2, 0.25) is 5.09 Å². The van der Waals surface area contributed by atoms with Gasteiger partial charge in [0.15, 0.2) is 0 Å². The number of rotatable bonds is 8. The topological polar surface area (TPSA) is 71.8 Å². The van der Waals surface area contributed by atoms with Gasteiger partial charge in [-0.15, -0.1) is 0 Å². The molecule has 19 heavy (non-hydrogen) atoms. The zero-order valence-electron chi connectivity index (χ0n) is 11.3. The van der Waals surface area contributed by atoms with Crippen molar-refractivity contribution < 1.29 is 17.6 Å². The van der Waals surface area contributed by atoms with Crippen molar-refractivity contribution in [3.05, 3.63) is 17.9 Å². The van der Waals surface area contributed by atoms with Crippen LogP contribution in [0, 0.1) is 0 Å². The Balaban J connectivity index is 1.96. The highest BCUT2D eigenvalue weighted by atomic mass is 32.2. The molecule has 1 N–H and O–H groups in total. The van der Waals surface area contributed by atoms with Gasteiger partial charge < -0.3 is 14.5 Å². The van der Waals surface area contributed by atoms with E-state index in [2.05, 4.69) is 5.32 Å². The third-order valence-electron chi connectivity index (χ3n) is 3.11. The molecule has 1 saturated carbocycles. The lowest BCUT2D eigenvalue weighted by Crippen LogP contribution is -2.28. The van der Waals surface area contributed by atoms with Crippen molar-refractivity contribution >= 4 is 10.0 Å². The summed E-state index contributed by atoms with van der Waals surface area (Å²) in [4.78, 5) is 0. The van der Waals surface area contributed by atoms with E-state index in [1.807, 2.05) is 0 Å². The molecule has 0 radical (unpaired) electrons. The van der Waals surface area contributed by atoms with Gasteiger partial charge in [-0.05, 0) is 25.0 Å². The van der Waals surface area contributed by atoms with Crippen LogP contribution in [0.25, 0.3) is 0 Å². The molecule has 0 atom stereocenters. The van der Waals surface area contributed by atoms with Crippen molar-refractivity contribution in [2.45, 2.75) is 30.5 Å². The van der Waals surface area contributed by atoms with Crippen LogP contribution in [0.3, 0.4) is 0 Å². The Morgan fingerprint density at radius 2 is 2.21 bits per heavy atom. The molecule has 0 aromatic carbocycles. The monoisotopic (exact) mass is 288 g/mol. The molecule has 1 aromatic heterocycles. The molecule has 0 unspecified atom stereocenters. The van der Waals surface area contributed by atoms with Crippen molar-refractivity contribution in [2.24, 2.45) is 0 Å². The minimum absolute atomic E-state index is 0.0189. The van der Waals surface area contributed by atoms with E-state index in [9.17, 15) is 8.42 Å². The van der Waals surface area contributed by atoms with Gasteiger partial charge in [0.25, 0.3) is 10.0 Å². The lowest BCUT2D eigenvalue weighted by Gasteiger charge is -2.13. The van der Waals surface area contributed by atoms with Crippen LogP contribution in [0.4, 0.5) is 0 Å². The zero-order valence-corrected chi connectivity index (χ0v) is 12.1. The first-order valence-electron chi connectivity index (χ1n) is 6.32. The van der Waals surface area contributed by atoms with Gasteiger partial charge >= 0.3 is 0 Å². The molecule has 0 spiro atoms. The van der Waals surface area contributed by atoms with Crippen LogP contribution in [0.1, 0.15) is 18.6 Å². The SMILES string of the molecule is COCCNCc1ccc(S(=O)(=O)N(C)C2CC2)o1. The summed E-state index contributed by atoms with van der Waals surface area (Å²) in [7, 11) is -0.241. The molecule has 6 nitrogen and oxygen atoms in total. The van der Waals surface area contributed by atoms with Crippen molar-refractivity contribution in [1.82, 2.24) is 9.62 Å². The molecule has 7 heteroatoms. The summed E-state index contributed by atoms with van der Waals surface area (Å²) < 4.78 is 36.1. The lowest BCUT2D eigenvalue weighted by molar-refractivity contribution is 0.198. The fourth-order valence-corrected chi connectivity index (χ4v) is 3.09. The van der Waals surface area contributed by atoms with E-state index in [0.29, 0.717) is 25.5 Å². The van der Waals surface area contributed by atoms with Crippen LogP contribution >= 0.6 is 0 Å². The maximum atomic E-state index is 12.2. The average Bonchev–Trinajstić information content (AvgIpc) is 3.12. The molecular formula is C12H20N2O4S.